The number of sulfone groups is 1. The molecule has 0 unspecified atom stereocenters. The first-order valence-corrected chi connectivity index (χ1v) is 9.93. The molecule has 2 aliphatic rings. The van der Waals surface area contributed by atoms with Gasteiger partial charge in [-0.3, -0.25) is 4.79 Å². The van der Waals surface area contributed by atoms with E-state index < -0.39 is 14.6 Å². The third-order valence-electron chi connectivity index (χ3n) is 5.57. The Morgan fingerprint density at radius 1 is 1.14 bits per heavy atom. The molecule has 22 heavy (non-hydrogen) atoms. The van der Waals surface area contributed by atoms with Crippen molar-refractivity contribution in [3.8, 4) is 0 Å². The molecule has 2 N–H and O–H groups in total. The van der Waals surface area contributed by atoms with Gasteiger partial charge in [0.1, 0.15) is 0 Å². The molecule has 0 spiro atoms. The minimum Gasteiger partial charge on any atom is -0.354 e. The summed E-state index contributed by atoms with van der Waals surface area (Å²) in [5, 5.41) is 6.13. The van der Waals surface area contributed by atoms with Crippen LogP contribution in [0, 0.1) is 5.41 Å². The van der Waals surface area contributed by atoms with Crippen molar-refractivity contribution in [3.05, 3.63) is 0 Å². The maximum atomic E-state index is 12.7. The van der Waals surface area contributed by atoms with Crippen molar-refractivity contribution in [2.75, 3.05) is 25.9 Å². The highest BCUT2D eigenvalue weighted by Crippen LogP contribution is 2.40. The third kappa shape index (κ3) is 3.77. The Morgan fingerprint density at radius 2 is 1.68 bits per heavy atom. The molecule has 0 aromatic heterocycles. The number of halogens is 1. The SMILES string of the molecule is CCC1(CNC(=O)C2(S(C)(=O)=O)CCNCC2)CCCC1.Cl. The fourth-order valence-electron chi connectivity index (χ4n) is 3.81. The Balaban J connectivity index is 0.00000242. The summed E-state index contributed by atoms with van der Waals surface area (Å²) in [6.07, 6.45) is 7.68. The minimum absolute atomic E-state index is 0. The summed E-state index contributed by atoms with van der Waals surface area (Å²) in [6.45, 7) is 3.94. The number of carbonyl (C=O) groups excluding carboxylic acids is 1. The van der Waals surface area contributed by atoms with Gasteiger partial charge in [0.2, 0.25) is 5.91 Å². The number of rotatable bonds is 5. The number of piperidine rings is 1. The Hall–Kier alpha value is -0.330. The first kappa shape index (κ1) is 19.7. The molecular weight excluding hydrogens is 324 g/mol. The van der Waals surface area contributed by atoms with E-state index >= 15 is 0 Å². The van der Waals surface area contributed by atoms with Gasteiger partial charge in [-0.2, -0.15) is 0 Å². The van der Waals surface area contributed by atoms with Crippen LogP contribution in [0.2, 0.25) is 0 Å². The van der Waals surface area contributed by atoms with Crippen LogP contribution in [0.15, 0.2) is 0 Å². The summed E-state index contributed by atoms with van der Waals surface area (Å²) >= 11 is 0. The molecule has 0 aromatic rings. The summed E-state index contributed by atoms with van der Waals surface area (Å²) in [5.41, 5.74) is 0.182. The minimum atomic E-state index is -3.41. The summed E-state index contributed by atoms with van der Waals surface area (Å²) in [5.74, 6) is -0.286. The average molecular weight is 353 g/mol. The van der Waals surface area contributed by atoms with E-state index in [9.17, 15) is 13.2 Å². The van der Waals surface area contributed by atoms with Crippen LogP contribution >= 0.6 is 12.4 Å². The summed E-state index contributed by atoms with van der Waals surface area (Å²) in [4.78, 5) is 12.7. The van der Waals surface area contributed by atoms with Crippen molar-refractivity contribution in [3.63, 3.8) is 0 Å². The van der Waals surface area contributed by atoms with Crippen molar-refractivity contribution in [2.24, 2.45) is 5.41 Å². The first-order valence-electron chi connectivity index (χ1n) is 8.04. The van der Waals surface area contributed by atoms with E-state index in [0.717, 1.165) is 19.3 Å². The van der Waals surface area contributed by atoms with Gasteiger partial charge in [-0.25, -0.2) is 8.42 Å². The van der Waals surface area contributed by atoms with E-state index in [0.29, 0.717) is 32.5 Å². The molecule has 2 fully saturated rings. The molecule has 130 valence electrons. The topological polar surface area (TPSA) is 75.3 Å². The second kappa shape index (κ2) is 7.49. The summed E-state index contributed by atoms with van der Waals surface area (Å²) in [7, 11) is -3.41. The van der Waals surface area contributed by atoms with Gasteiger partial charge in [-0.15, -0.1) is 12.4 Å². The number of nitrogens with one attached hydrogen (secondary N) is 2. The van der Waals surface area contributed by atoms with Gasteiger partial charge in [-0.1, -0.05) is 19.8 Å². The zero-order valence-corrected chi connectivity index (χ0v) is 15.2. The lowest BCUT2D eigenvalue weighted by molar-refractivity contribution is -0.124. The van der Waals surface area contributed by atoms with E-state index in [1.165, 1.54) is 19.1 Å². The second-order valence-corrected chi connectivity index (χ2v) is 9.09. The molecule has 1 saturated carbocycles. The highest BCUT2D eigenvalue weighted by Gasteiger charge is 2.49. The van der Waals surface area contributed by atoms with Crippen molar-refractivity contribution < 1.29 is 13.2 Å². The maximum absolute atomic E-state index is 12.7. The van der Waals surface area contributed by atoms with E-state index in [1.807, 2.05) is 0 Å². The van der Waals surface area contributed by atoms with Crippen LogP contribution in [0.3, 0.4) is 0 Å². The highest BCUT2D eigenvalue weighted by molar-refractivity contribution is 7.92. The average Bonchev–Trinajstić information content (AvgIpc) is 2.94. The lowest BCUT2D eigenvalue weighted by Gasteiger charge is -2.36. The molecule has 2 rings (SSSR count). The van der Waals surface area contributed by atoms with Crippen molar-refractivity contribution in [2.45, 2.75) is 56.6 Å². The van der Waals surface area contributed by atoms with Gasteiger partial charge in [0.05, 0.1) is 0 Å². The van der Waals surface area contributed by atoms with Gasteiger partial charge in [0.25, 0.3) is 0 Å². The molecule has 0 aromatic carbocycles. The Kier molecular flexibility index (Phi) is 6.72. The van der Waals surface area contributed by atoms with Crippen LogP contribution < -0.4 is 10.6 Å². The van der Waals surface area contributed by atoms with Crippen molar-refractivity contribution in [1.82, 2.24) is 10.6 Å². The van der Waals surface area contributed by atoms with Crippen molar-refractivity contribution >= 4 is 28.2 Å². The largest absolute Gasteiger partial charge is 0.354 e. The smallest absolute Gasteiger partial charge is 0.241 e. The lowest BCUT2D eigenvalue weighted by atomic mass is 9.83. The van der Waals surface area contributed by atoms with Gasteiger partial charge in [0.15, 0.2) is 14.6 Å². The molecule has 0 atom stereocenters. The monoisotopic (exact) mass is 352 g/mol. The lowest BCUT2D eigenvalue weighted by Crippen LogP contribution is -2.58. The predicted molar refractivity (Wildman–Crippen MR) is 91.1 cm³/mol. The summed E-state index contributed by atoms with van der Waals surface area (Å²) < 4.78 is 23.2. The molecule has 1 amide bonds. The zero-order chi connectivity index (χ0) is 15.6. The number of hydrogen-bond donors (Lipinski definition) is 2. The van der Waals surface area contributed by atoms with E-state index in [1.54, 1.807) is 0 Å². The number of amides is 1. The van der Waals surface area contributed by atoms with Gasteiger partial charge >= 0.3 is 0 Å². The standard InChI is InChI=1S/C15H28N2O3S.ClH/c1-3-14(6-4-5-7-14)12-17-13(18)15(21(2,19)20)8-10-16-11-9-15;/h16H,3-12H2,1-2H3,(H,17,18);1H. The first-order chi connectivity index (χ1) is 9.85. The predicted octanol–water partition coefficient (Wildman–Crippen LogP) is 1.66. The molecule has 1 saturated heterocycles. The summed E-state index contributed by atoms with van der Waals surface area (Å²) in [6, 6.07) is 0. The molecular formula is C15H29ClN2O3S. The second-order valence-electron chi connectivity index (χ2n) is 6.76. The van der Waals surface area contributed by atoms with Crippen LogP contribution in [0.25, 0.3) is 0 Å². The molecule has 1 aliphatic carbocycles. The van der Waals surface area contributed by atoms with Crippen LogP contribution in [-0.2, 0) is 14.6 Å². The number of hydrogen-bond acceptors (Lipinski definition) is 4. The number of carbonyl (C=O) groups is 1. The van der Waals surface area contributed by atoms with E-state index in [-0.39, 0.29) is 23.7 Å². The fraction of sp³-hybridized carbons (Fsp3) is 0.933. The third-order valence-corrected chi connectivity index (χ3v) is 7.59. The molecule has 0 bridgehead atoms. The fourth-order valence-corrected chi connectivity index (χ4v) is 5.16. The quantitative estimate of drug-likeness (QED) is 0.789. The van der Waals surface area contributed by atoms with Gasteiger partial charge in [-0.05, 0) is 50.6 Å². The van der Waals surface area contributed by atoms with Crippen LogP contribution in [0.5, 0.6) is 0 Å². The van der Waals surface area contributed by atoms with Crippen LogP contribution in [-0.4, -0.2) is 45.0 Å². The van der Waals surface area contributed by atoms with Crippen LogP contribution in [0.1, 0.15) is 51.9 Å². The van der Waals surface area contributed by atoms with Crippen LogP contribution in [0.4, 0.5) is 0 Å². The van der Waals surface area contributed by atoms with Gasteiger partial charge < -0.3 is 10.6 Å². The zero-order valence-electron chi connectivity index (χ0n) is 13.6. The van der Waals surface area contributed by atoms with E-state index in [2.05, 4.69) is 17.6 Å². The molecule has 5 nitrogen and oxygen atoms in total. The molecule has 7 heteroatoms. The Morgan fingerprint density at radius 3 is 2.14 bits per heavy atom. The molecule has 1 aliphatic heterocycles. The normalized spacial score (nSPS) is 23.5. The Labute approximate surface area is 140 Å². The Bertz CT molecular complexity index is 481. The maximum Gasteiger partial charge on any atom is 0.241 e. The molecule has 0 radical (unpaired) electrons. The highest BCUT2D eigenvalue weighted by atomic mass is 35.5. The molecule has 1 heterocycles. The van der Waals surface area contributed by atoms with E-state index in [4.69, 9.17) is 0 Å². The van der Waals surface area contributed by atoms with Gasteiger partial charge in [0, 0.05) is 12.8 Å². The van der Waals surface area contributed by atoms with Crippen molar-refractivity contribution in [1.29, 1.82) is 0 Å².